The smallest absolute Gasteiger partial charge is 0.416 e. The number of aryl methyl sites for hydroxylation is 1. The monoisotopic (exact) mass is 325 g/mol. The predicted molar refractivity (Wildman–Crippen MR) is 84.5 cm³/mol. The van der Waals surface area contributed by atoms with Crippen LogP contribution in [0.3, 0.4) is 0 Å². The van der Waals surface area contributed by atoms with Crippen LogP contribution < -0.4 is 10.2 Å². The number of anilines is 1. The lowest BCUT2D eigenvalue weighted by Gasteiger charge is -2.35. The minimum absolute atomic E-state index is 0.151. The molecular weight excluding hydrogens is 302 g/mol. The van der Waals surface area contributed by atoms with Crippen LogP contribution in [0.15, 0.2) is 6.20 Å². The highest BCUT2D eigenvalue weighted by Crippen LogP contribution is 2.31. The third-order valence-corrected chi connectivity index (χ3v) is 3.54. The zero-order valence-electron chi connectivity index (χ0n) is 13.9. The average molecular weight is 325 g/mol. The summed E-state index contributed by atoms with van der Waals surface area (Å²) in [5.41, 5.74) is -0.894. The third kappa shape index (κ3) is 3.98. The SMILES string of the molecule is Cn1ncc([N+](=O)[O-])c1N(C(=O)OC(C)(C)C)[C@H]1CCCNC1. The molecule has 1 aromatic rings. The van der Waals surface area contributed by atoms with Crippen LogP contribution in [0, 0.1) is 10.1 Å². The molecule has 9 nitrogen and oxygen atoms in total. The number of rotatable bonds is 3. The van der Waals surface area contributed by atoms with Crippen LogP contribution in [-0.2, 0) is 11.8 Å². The van der Waals surface area contributed by atoms with Crippen molar-refractivity contribution in [1.29, 1.82) is 0 Å². The summed E-state index contributed by atoms with van der Waals surface area (Å²) in [6, 6.07) is -0.215. The van der Waals surface area contributed by atoms with Gasteiger partial charge in [-0.25, -0.2) is 9.48 Å². The Balaban J connectivity index is 2.43. The molecule has 0 aromatic carbocycles. The summed E-state index contributed by atoms with van der Waals surface area (Å²) in [6.45, 7) is 6.72. The lowest BCUT2D eigenvalue weighted by atomic mass is 10.1. The van der Waals surface area contributed by atoms with Gasteiger partial charge in [-0.2, -0.15) is 5.10 Å². The number of nitro groups is 1. The number of amides is 1. The summed E-state index contributed by atoms with van der Waals surface area (Å²) in [5, 5.41) is 18.4. The number of carbonyl (C=O) groups is 1. The van der Waals surface area contributed by atoms with Crippen LogP contribution in [0.25, 0.3) is 0 Å². The standard InChI is InChI=1S/C14H23N5O4/c1-14(2,3)23-13(20)18(10-6-5-7-15-8-10)12-11(19(21)22)9-16-17(12)4/h9-10,15H,5-8H2,1-4H3/t10-/m0/s1. The van der Waals surface area contributed by atoms with Crippen molar-refractivity contribution in [3.8, 4) is 0 Å². The van der Waals surface area contributed by atoms with Gasteiger partial charge >= 0.3 is 11.8 Å². The van der Waals surface area contributed by atoms with Gasteiger partial charge in [-0.05, 0) is 40.2 Å². The van der Waals surface area contributed by atoms with Crippen LogP contribution in [0.5, 0.6) is 0 Å². The minimum Gasteiger partial charge on any atom is -0.443 e. The molecule has 1 saturated heterocycles. The third-order valence-electron chi connectivity index (χ3n) is 3.54. The molecule has 0 bridgehead atoms. The molecule has 23 heavy (non-hydrogen) atoms. The van der Waals surface area contributed by atoms with Crippen molar-refractivity contribution in [2.45, 2.75) is 45.3 Å². The van der Waals surface area contributed by atoms with E-state index in [9.17, 15) is 14.9 Å². The summed E-state index contributed by atoms with van der Waals surface area (Å²) in [4.78, 5) is 24.8. The van der Waals surface area contributed by atoms with E-state index in [-0.39, 0.29) is 17.5 Å². The normalized spacial score (nSPS) is 18.5. The highest BCUT2D eigenvalue weighted by Gasteiger charge is 2.37. The fourth-order valence-corrected chi connectivity index (χ4v) is 2.60. The molecule has 0 saturated carbocycles. The molecule has 2 heterocycles. The molecule has 2 rings (SSSR count). The highest BCUT2D eigenvalue weighted by atomic mass is 16.6. The molecule has 1 aliphatic rings. The zero-order valence-corrected chi connectivity index (χ0v) is 13.9. The topological polar surface area (TPSA) is 103 Å². The molecular formula is C14H23N5O4. The van der Waals surface area contributed by atoms with E-state index in [0.29, 0.717) is 6.54 Å². The van der Waals surface area contributed by atoms with Crippen molar-refractivity contribution < 1.29 is 14.5 Å². The molecule has 1 amide bonds. The Morgan fingerprint density at radius 3 is 2.78 bits per heavy atom. The number of nitrogens with zero attached hydrogens (tertiary/aromatic N) is 4. The Hall–Kier alpha value is -2.16. The minimum atomic E-state index is -0.690. The van der Waals surface area contributed by atoms with Crippen molar-refractivity contribution in [3.05, 3.63) is 16.3 Å². The van der Waals surface area contributed by atoms with Crippen molar-refractivity contribution in [1.82, 2.24) is 15.1 Å². The Kier molecular flexibility index (Phi) is 4.88. The molecule has 0 radical (unpaired) electrons. The second-order valence-electron chi connectivity index (χ2n) is 6.58. The van der Waals surface area contributed by atoms with Gasteiger partial charge in [-0.1, -0.05) is 0 Å². The van der Waals surface area contributed by atoms with E-state index < -0.39 is 16.6 Å². The Bertz CT molecular complexity index is 586. The van der Waals surface area contributed by atoms with Gasteiger partial charge in [-0.15, -0.1) is 0 Å². The maximum Gasteiger partial charge on any atom is 0.416 e. The summed E-state index contributed by atoms with van der Waals surface area (Å²) in [6.07, 6.45) is 2.19. The van der Waals surface area contributed by atoms with Crippen molar-refractivity contribution >= 4 is 17.6 Å². The highest BCUT2D eigenvalue weighted by molar-refractivity contribution is 5.90. The largest absolute Gasteiger partial charge is 0.443 e. The Morgan fingerprint density at radius 1 is 1.57 bits per heavy atom. The number of piperidine rings is 1. The van der Waals surface area contributed by atoms with E-state index in [4.69, 9.17) is 4.74 Å². The van der Waals surface area contributed by atoms with E-state index in [2.05, 4.69) is 10.4 Å². The summed E-state index contributed by atoms with van der Waals surface area (Å²) >= 11 is 0. The van der Waals surface area contributed by atoms with E-state index in [1.165, 1.54) is 9.58 Å². The lowest BCUT2D eigenvalue weighted by Crippen LogP contribution is -2.51. The summed E-state index contributed by atoms with van der Waals surface area (Å²) in [5.74, 6) is 0.151. The first-order valence-corrected chi connectivity index (χ1v) is 7.60. The first-order valence-electron chi connectivity index (χ1n) is 7.60. The molecule has 1 N–H and O–H groups in total. The number of ether oxygens (including phenoxy) is 1. The maximum absolute atomic E-state index is 12.7. The molecule has 1 aromatic heterocycles. The number of nitrogens with one attached hydrogen (secondary N) is 1. The van der Waals surface area contributed by atoms with Crippen LogP contribution in [0.1, 0.15) is 33.6 Å². The fourth-order valence-electron chi connectivity index (χ4n) is 2.60. The predicted octanol–water partition coefficient (Wildman–Crippen LogP) is 1.82. The lowest BCUT2D eigenvalue weighted by molar-refractivity contribution is -0.384. The molecule has 0 aliphatic carbocycles. The molecule has 1 fully saturated rings. The number of hydrogen-bond acceptors (Lipinski definition) is 6. The van der Waals surface area contributed by atoms with Crippen molar-refractivity contribution in [3.63, 3.8) is 0 Å². The van der Waals surface area contributed by atoms with E-state index in [1.54, 1.807) is 27.8 Å². The quantitative estimate of drug-likeness (QED) is 0.672. The van der Waals surface area contributed by atoms with Gasteiger partial charge in [0.25, 0.3) is 0 Å². The fraction of sp³-hybridized carbons (Fsp3) is 0.714. The van der Waals surface area contributed by atoms with Gasteiger partial charge in [0.15, 0.2) is 0 Å². The van der Waals surface area contributed by atoms with Crippen molar-refractivity contribution in [2.24, 2.45) is 7.05 Å². The average Bonchev–Trinajstić information content (AvgIpc) is 2.81. The summed E-state index contributed by atoms with van der Waals surface area (Å²) < 4.78 is 6.81. The number of hydrogen-bond donors (Lipinski definition) is 1. The van der Waals surface area contributed by atoms with Gasteiger partial charge in [0.05, 0.1) is 11.0 Å². The van der Waals surface area contributed by atoms with E-state index in [1.807, 2.05) is 0 Å². The van der Waals surface area contributed by atoms with Crippen LogP contribution >= 0.6 is 0 Å². The maximum atomic E-state index is 12.7. The Morgan fingerprint density at radius 2 is 2.26 bits per heavy atom. The number of aromatic nitrogens is 2. The van der Waals surface area contributed by atoms with Gasteiger partial charge in [-0.3, -0.25) is 15.0 Å². The van der Waals surface area contributed by atoms with Crippen LogP contribution in [0.4, 0.5) is 16.3 Å². The first kappa shape index (κ1) is 17.2. The zero-order chi connectivity index (χ0) is 17.2. The molecule has 128 valence electrons. The molecule has 0 spiro atoms. The van der Waals surface area contributed by atoms with Gasteiger partial charge in [0.1, 0.15) is 11.8 Å². The van der Waals surface area contributed by atoms with Gasteiger partial charge in [0, 0.05) is 13.6 Å². The summed E-state index contributed by atoms with van der Waals surface area (Å²) in [7, 11) is 1.58. The van der Waals surface area contributed by atoms with Gasteiger partial charge < -0.3 is 10.1 Å². The first-order chi connectivity index (χ1) is 10.7. The van der Waals surface area contributed by atoms with Gasteiger partial charge in [0.2, 0.25) is 5.82 Å². The molecule has 1 aliphatic heterocycles. The molecule has 1 atom stereocenters. The van der Waals surface area contributed by atoms with E-state index in [0.717, 1.165) is 25.6 Å². The second kappa shape index (κ2) is 6.53. The molecule has 0 unspecified atom stereocenters. The van der Waals surface area contributed by atoms with Crippen LogP contribution in [0.2, 0.25) is 0 Å². The van der Waals surface area contributed by atoms with Crippen molar-refractivity contribution in [2.75, 3.05) is 18.0 Å². The van der Waals surface area contributed by atoms with E-state index >= 15 is 0 Å². The second-order valence-corrected chi connectivity index (χ2v) is 6.58. The molecule has 9 heteroatoms. The van der Waals surface area contributed by atoms with Crippen LogP contribution in [-0.4, -0.2) is 45.5 Å². The number of carbonyl (C=O) groups excluding carboxylic acids is 1. The Labute approximate surface area is 134 Å².